The van der Waals surface area contributed by atoms with Gasteiger partial charge in [0, 0.05) is 24.2 Å². The van der Waals surface area contributed by atoms with Gasteiger partial charge in [-0.3, -0.25) is 0 Å². The minimum atomic E-state index is 0.518. The van der Waals surface area contributed by atoms with E-state index in [1.165, 1.54) is 44.5 Å². The highest BCUT2D eigenvalue weighted by molar-refractivity contribution is 5.51. The predicted molar refractivity (Wildman–Crippen MR) is 68.9 cm³/mol. The zero-order valence-electron chi connectivity index (χ0n) is 10.2. The van der Waals surface area contributed by atoms with Crippen LogP contribution in [0.5, 0.6) is 0 Å². The molecule has 2 fully saturated rings. The van der Waals surface area contributed by atoms with Crippen LogP contribution in [0.4, 0.5) is 5.69 Å². The summed E-state index contributed by atoms with van der Waals surface area (Å²) in [5.74, 6) is 0. The second-order valence-corrected chi connectivity index (χ2v) is 5.56. The van der Waals surface area contributed by atoms with Crippen molar-refractivity contribution in [2.24, 2.45) is 5.41 Å². The molecule has 1 aliphatic carbocycles. The molecule has 0 bridgehead atoms. The van der Waals surface area contributed by atoms with Gasteiger partial charge >= 0.3 is 0 Å². The van der Waals surface area contributed by atoms with Crippen LogP contribution in [0.3, 0.4) is 0 Å². The van der Waals surface area contributed by atoms with E-state index >= 15 is 0 Å². The molecule has 3 rings (SSSR count). The van der Waals surface area contributed by atoms with Gasteiger partial charge in [-0.2, -0.15) is 5.26 Å². The van der Waals surface area contributed by atoms with Crippen molar-refractivity contribution < 1.29 is 0 Å². The van der Waals surface area contributed by atoms with E-state index in [-0.39, 0.29) is 0 Å². The molecular formula is C15H18N2. The molecule has 2 heteroatoms. The van der Waals surface area contributed by atoms with Gasteiger partial charge in [0.1, 0.15) is 0 Å². The fourth-order valence-electron chi connectivity index (χ4n) is 3.30. The molecule has 1 saturated heterocycles. The molecule has 2 nitrogen and oxygen atoms in total. The zero-order chi connectivity index (χ0) is 11.7. The highest BCUT2D eigenvalue weighted by Crippen LogP contribution is 2.46. The van der Waals surface area contributed by atoms with Crippen molar-refractivity contribution in [1.29, 1.82) is 5.26 Å². The smallest absolute Gasteiger partial charge is 0.0669 e. The number of nitrogens with zero attached hydrogens (tertiary/aromatic N) is 2. The first-order valence-electron chi connectivity index (χ1n) is 6.52. The van der Waals surface area contributed by atoms with Gasteiger partial charge in [-0.25, -0.2) is 0 Å². The number of benzene rings is 1. The van der Waals surface area contributed by atoms with Crippen molar-refractivity contribution >= 4 is 5.69 Å². The first-order valence-corrected chi connectivity index (χ1v) is 6.52. The van der Waals surface area contributed by atoms with Crippen LogP contribution >= 0.6 is 0 Å². The molecule has 0 N–H and O–H groups in total. The molecule has 0 amide bonds. The summed E-state index contributed by atoms with van der Waals surface area (Å²) in [6.07, 6.45) is 6.22. The van der Waals surface area contributed by atoms with E-state index in [1.54, 1.807) is 0 Å². The van der Waals surface area contributed by atoms with Gasteiger partial charge in [0.15, 0.2) is 0 Å². The molecule has 1 saturated carbocycles. The Morgan fingerprint density at radius 1 is 1.12 bits per heavy atom. The molecule has 88 valence electrons. The molecule has 2 aliphatic rings. The molecule has 0 aromatic heterocycles. The van der Waals surface area contributed by atoms with Gasteiger partial charge in [-0.1, -0.05) is 25.0 Å². The van der Waals surface area contributed by atoms with Crippen LogP contribution in [0, 0.1) is 16.7 Å². The summed E-state index contributed by atoms with van der Waals surface area (Å²) in [7, 11) is 0. The van der Waals surface area contributed by atoms with Crippen molar-refractivity contribution in [3.05, 3.63) is 29.8 Å². The Morgan fingerprint density at radius 2 is 1.76 bits per heavy atom. The average Bonchev–Trinajstić information content (AvgIpc) is 2.78. The third kappa shape index (κ3) is 1.91. The second kappa shape index (κ2) is 4.07. The van der Waals surface area contributed by atoms with E-state index in [1.807, 2.05) is 0 Å². The standard InChI is InChI=1S/C15H18N2/c16-10-7-13-3-5-14(6-4-13)17-11-15(12-17)8-1-2-9-15/h3-6H,1-2,7-9,11-12H2. The fourth-order valence-corrected chi connectivity index (χ4v) is 3.30. The van der Waals surface area contributed by atoms with Gasteiger partial charge in [-0.15, -0.1) is 0 Å². The quantitative estimate of drug-likeness (QED) is 0.774. The summed E-state index contributed by atoms with van der Waals surface area (Å²) in [5.41, 5.74) is 3.10. The van der Waals surface area contributed by atoms with E-state index in [9.17, 15) is 0 Å². The average molecular weight is 226 g/mol. The predicted octanol–water partition coefficient (Wildman–Crippen LogP) is 3.13. The molecule has 0 unspecified atom stereocenters. The Bertz CT molecular complexity index is 427. The summed E-state index contributed by atoms with van der Waals surface area (Å²) in [6.45, 7) is 2.48. The highest BCUT2D eigenvalue weighted by atomic mass is 15.2. The van der Waals surface area contributed by atoms with E-state index in [2.05, 4.69) is 35.2 Å². The van der Waals surface area contributed by atoms with Crippen molar-refractivity contribution in [2.75, 3.05) is 18.0 Å². The maximum Gasteiger partial charge on any atom is 0.0669 e. The van der Waals surface area contributed by atoms with E-state index in [4.69, 9.17) is 5.26 Å². The Balaban J connectivity index is 1.65. The summed E-state index contributed by atoms with van der Waals surface area (Å²) < 4.78 is 0. The fraction of sp³-hybridized carbons (Fsp3) is 0.533. The van der Waals surface area contributed by atoms with E-state index < -0.39 is 0 Å². The molecular weight excluding hydrogens is 208 g/mol. The monoisotopic (exact) mass is 226 g/mol. The third-order valence-corrected chi connectivity index (χ3v) is 4.30. The maximum atomic E-state index is 8.63. The number of hydrogen-bond donors (Lipinski definition) is 0. The summed E-state index contributed by atoms with van der Waals surface area (Å²) in [6, 6.07) is 10.7. The minimum Gasteiger partial charge on any atom is -0.370 e. The van der Waals surface area contributed by atoms with Crippen LogP contribution in [0.25, 0.3) is 0 Å². The minimum absolute atomic E-state index is 0.518. The van der Waals surface area contributed by atoms with Crippen molar-refractivity contribution in [1.82, 2.24) is 0 Å². The lowest BCUT2D eigenvalue weighted by Crippen LogP contribution is -2.55. The maximum absolute atomic E-state index is 8.63. The lowest BCUT2D eigenvalue weighted by atomic mass is 9.78. The second-order valence-electron chi connectivity index (χ2n) is 5.56. The number of hydrogen-bond acceptors (Lipinski definition) is 2. The van der Waals surface area contributed by atoms with Crippen LogP contribution in [0.1, 0.15) is 31.2 Å². The van der Waals surface area contributed by atoms with Gasteiger partial charge in [-0.05, 0) is 30.5 Å². The Hall–Kier alpha value is -1.49. The van der Waals surface area contributed by atoms with Gasteiger partial charge < -0.3 is 4.90 Å². The largest absolute Gasteiger partial charge is 0.370 e. The molecule has 17 heavy (non-hydrogen) atoms. The Kier molecular flexibility index (Phi) is 2.55. The number of nitriles is 1. The Morgan fingerprint density at radius 3 is 2.35 bits per heavy atom. The summed E-state index contributed by atoms with van der Waals surface area (Å²) in [4.78, 5) is 2.47. The van der Waals surface area contributed by atoms with Crippen molar-refractivity contribution in [3.63, 3.8) is 0 Å². The van der Waals surface area contributed by atoms with Crippen LogP contribution in [0.15, 0.2) is 24.3 Å². The van der Waals surface area contributed by atoms with E-state index in [0.717, 1.165) is 5.56 Å². The first-order chi connectivity index (χ1) is 8.31. The lowest BCUT2D eigenvalue weighted by Gasteiger charge is -2.49. The molecule has 1 aromatic carbocycles. The Labute approximate surface area is 103 Å². The van der Waals surface area contributed by atoms with Gasteiger partial charge in [0.2, 0.25) is 0 Å². The van der Waals surface area contributed by atoms with E-state index in [0.29, 0.717) is 11.8 Å². The first kappa shape index (κ1) is 10.7. The van der Waals surface area contributed by atoms with Crippen LogP contribution < -0.4 is 4.90 Å². The topological polar surface area (TPSA) is 27.0 Å². The molecule has 1 aromatic rings. The molecule has 1 heterocycles. The number of rotatable bonds is 2. The number of anilines is 1. The van der Waals surface area contributed by atoms with Crippen LogP contribution in [0.2, 0.25) is 0 Å². The normalized spacial score (nSPS) is 21.2. The zero-order valence-corrected chi connectivity index (χ0v) is 10.2. The van der Waals surface area contributed by atoms with Crippen molar-refractivity contribution in [3.8, 4) is 6.07 Å². The molecule has 1 aliphatic heterocycles. The summed E-state index contributed by atoms with van der Waals surface area (Å²) in [5, 5.41) is 8.63. The highest BCUT2D eigenvalue weighted by Gasteiger charge is 2.44. The van der Waals surface area contributed by atoms with Crippen LogP contribution in [-0.2, 0) is 6.42 Å². The molecule has 0 atom stereocenters. The summed E-state index contributed by atoms with van der Waals surface area (Å²) >= 11 is 0. The third-order valence-electron chi connectivity index (χ3n) is 4.30. The van der Waals surface area contributed by atoms with Gasteiger partial charge in [0.05, 0.1) is 12.5 Å². The lowest BCUT2D eigenvalue weighted by molar-refractivity contribution is 0.222. The van der Waals surface area contributed by atoms with Gasteiger partial charge in [0.25, 0.3) is 0 Å². The van der Waals surface area contributed by atoms with Crippen LogP contribution in [-0.4, -0.2) is 13.1 Å². The molecule has 0 radical (unpaired) electrons. The molecule has 1 spiro atoms. The SMILES string of the molecule is N#CCc1ccc(N2CC3(CCCC3)C2)cc1. The van der Waals surface area contributed by atoms with Crippen molar-refractivity contribution in [2.45, 2.75) is 32.1 Å².